The summed E-state index contributed by atoms with van der Waals surface area (Å²) in [4.78, 5) is 4.67. The number of aromatic nitrogens is 2. The molecular formula is C18H13ClFN7. The molecule has 0 radical (unpaired) electrons. The number of anilines is 2. The maximum absolute atomic E-state index is 13.4. The van der Waals surface area contributed by atoms with E-state index >= 15 is 0 Å². The lowest BCUT2D eigenvalue weighted by Crippen LogP contribution is -2.12. The fourth-order valence-electron chi connectivity index (χ4n) is 2.85. The van der Waals surface area contributed by atoms with Crippen LogP contribution in [0.5, 0.6) is 0 Å². The number of hydrogen-bond donors (Lipinski definition) is 3. The van der Waals surface area contributed by atoms with E-state index in [2.05, 4.69) is 20.6 Å². The van der Waals surface area contributed by atoms with Crippen LogP contribution in [0.4, 0.5) is 15.9 Å². The van der Waals surface area contributed by atoms with Crippen molar-refractivity contribution in [3.05, 3.63) is 71.1 Å². The van der Waals surface area contributed by atoms with E-state index in [0.29, 0.717) is 22.6 Å². The van der Waals surface area contributed by atoms with E-state index in [1.54, 1.807) is 18.2 Å². The molecular weight excluding hydrogens is 369 g/mol. The van der Waals surface area contributed by atoms with Crippen LogP contribution in [0.2, 0.25) is 5.02 Å². The van der Waals surface area contributed by atoms with Gasteiger partial charge >= 0.3 is 0 Å². The summed E-state index contributed by atoms with van der Waals surface area (Å²) in [5.41, 5.74) is 16.2. The first-order valence-electron chi connectivity index (χ1n) is 7.90. The van der Waals surface area contributed by atoms with Crippen molar-refractivity contribution in [2.24, 2.45) is 16.1 Å². The highest BCUT2D eigenvalue weighted by Gasteiger charge is 2.11. The molecule has 0 aliphatic carbocycles. The number of benzene rings is 2. The molecule has 9 heteroatoms. The van der Waals surface area contributed by atoms with Crippen LogP contribution >= 0.6 is 11.6 Å². The first-order chi connectivity index (χ1) is 13.1. The van der Waals surface area contributed by atoms with Crippen molar-refractivity contribution in [2.45, 2.75) is 0 Å². The maximum Gasteiger partial charge on any atom is 0.155 e. The van der Waals surface area contributed by atoms with Crippen LogP contribution in [0.15, 0.2) is 65.1 Å². The average molecular weight is 382 g/mol. The van der Waals surface area contributed by atoms with Crippen LogP contribution in [0, 0.1) is 11.3 Å². The second-order valence-electron chi connectivity index (χ2n) is 5.77. The topological polar surface area (TPSA) is 104 Å². The third-order valence-electron chi connectivity index (χ3n) is 4.09. The predicted molar refractivity (Wildman–Crippen MR) is 103 cm³/mol. The second-order valence-corrected chi connectivity index (χ2v) is 6.17. The summed E-state index contributed by atoms with van der Waals surface area (Å²) >= 11 is 5.87. The molecule has 0 atom stereocenters. The van der Waals surface area contributed by atoms with Gasteiger partial charge in [0.1, 0.15) is 5.82 Å². The normalized spacial score (nSPS) is 11.9. The number of rotatable bonds is 4. The Bertz CT molecular complexity index is 1220. The van der Waals surface area contributed by atoms with E-state index in [-0.39, 0.29) is 10.9 Å². The second kappa shape index (κ2) is 6.65. The third-order valence-corrected chi connectivity index (χ3v) is 4.38. The van der Waals surface area contributed by atoms with Gasteiger partial charge in [-0.3, -0.25) is 0 Å². The van der Waals surface area contributed by atoms with Crippen molar-refractivity contribution < 1.29 is 4.39 Å². The molecule has 0 saturated carbocycles. The van der Waals surface area contributed by atoms with Gasteiger partial charge in [-0.1, -0.05) is 16.8 Å². The highest BCUT2D eigenvalue weighted by molar-refractivity contribution is 6.31. The Morgan fingerprint density at radius 1 is 1.19 bits per heavy atom. The summed E-state index contributed by atoms with van der Waals surface area (Å²) in [6.45, 7) is 0. The van der Waals surface area contributed by atoms with Crippen LogP contribution < -0.4 is 11.1 Å². The predicted octanol–water partition coefficient (Wildman–Crippen LogP) is 4.67. The van der Waals surface area contributed by atoms with Gasteiger partial charge in [0.25, 0.3) is 0 Å². The van der Waals surface area contributed by atoms with Crippen molar-refractivity contribution in [1.82, 2.24) is 9.38 Å². The zero-order valence-corrected chi connectivity index (χ0v) is 14.6. The first kappa shape index (κ1) is 16.9. The SMILES string of the molecule is N=NN=C(N)c1ccc2c(c1)nc(Nc1ccc(F)c(Cl)c1)c1cccn12. The Morgan fingerprint density at radius 3 is 2.81 bits per heavy atom. The lowest BCUT2D eigenvalue weighted by Gasteiger charge is -2.12. The highest BCUT2D eigenvalue weighted by Crippen LogP contribution is 2.27. The number of hydrogen-bond acceptors (Lipinski definition) is 4. The number of nitrogens with two attached hydrogens (primary N) is 1. The van der Waals surface area contributed by atoms with Gasteiger partial charge in [-0.2, -0.15) is 5.53 Å². The molecule has 0 unspecified atom stereocenters. The van der Waals surface area contributed by atoms with Crippen LogP contribution in [0.25, 0.3) is 16.6 Å². The van der Waals surface area contributed by atoms with Crippen molar-refractivity contribution in [3.8, 4) is 0 Å². The van der Waals surface area contributed by atoms with E-state index in [1.807, 2.05) is 28.8 Å². The molecule has 4 N–H and O–H groups in total. The van der Waals surface area contributed by atoms with Gasteiger partial charge < -0.3 is 15.5 Å². The molecule has 0 spiro atoms. The molecule has 0 amide bonds. The van der Waals surface area contributed by atoms with Gasteiger partial charge in [-0.05, 0) is 48.5 Å². The third kappa shape index (κ3) is 3.06. The van der Waals surface area contributed by atoms with Crippen molar-refractivity contribution >= 4 is 45.5 Å². The fourth-order valence-corrected chi connectivity index (χ4v) is 3.03. The van der Waals surface area contributed by atoms with Crippen molar-refractivity contribution in [1.29, 1.82) is 5.53 Å². The van der Waals surface area contributed by atoms with Crippen LogP contribution in [0.3, 0.4) is 0 Å². The maximum atomic E-state index is 13.4. The molecule has 0 saturated heterocycles. The summed E-state index contributed by atoms with van der Waals surface area (Å²) in [6, 6.07) is 13.6. The Balaban J connectivity index is 1.87. The number of halogens is 2. The quantitative estimate of drug-likeness (QED) is 0.207. The van der Waals surface area contributed by atoms with E-state index in [9.17, 15) is 4.39 Å². The molecule has 7 nitrogen and oxygen atoms in total. The van der Waals surface area contributed by atoms with Crippen LogP contribution in [-0.4, -0.2) is 15.2 Å². The number of nitrogens with one attached hydrogen (secondary N) is 2. The Labute approximate surface area is 157 Å². The Morgan fingerprint density at radius 2 is 2.04 bits per heavy atom. The van der Waals surface area contributed by atoms with Crippen LogP contribution in [0.1, 0.15) is 5.56 Å². The van der Waals surface area contributed by atoms with Gasteiger partial charge in [0.05, 0.1) is 21.6 Å². The standard InChI is InChI=1S/C18H13ClFN7/c19-12-9-11(4-5-13(12)20)23-18-16-2-1-7-27(16)15-6-3-10(8-14(15)24-18)17(21)25-26-22/h1-9H,(H,23,24)(H3,21,22,25). The molecule has 27 heavy (non-hydrogen) atoms. The Kier molecular flexibility index (Phi) is 4.17. The molecule has 4 rings (SSSR count). The zero-order valence-electron chi connectivity index (χ0n) is 13.8. The number of amidine groups is 1. The summed E-state index contributed by atoms with van der Waals surface area (Å²) in [5.74, 6) is 0.217. The average Bonchev–Trinajstić information content (AvgIpc) is 3.15. The molecule has 0 aliphatic rings. The lowest BCUT2D eigenvalue weighted by molar-refractivity contribution is 0.628. The van der Waals surface area contributed by atoms with Gasteiger partial charge in [0.15, 0.2) is 11.7 Å². The van der Waals surface area contributed by atoms with Crippen molar-refractivity contribution in [2.75, 3.05) is 5.32 Å². The molecule has 2 aromatic carbocycles. The molecule has 0 aliphatic heterocycles. The summed E-state index contributed by atoms with van der Waals surface area (Å²) < 4.78 is 15.4. The molecule has 134 valence electrons. The lowest BCUT2D eigenvalue weighted by atomic mass is 10.1. The van der Waals surface area contributed by atoms with E-state index in [1.165, 1.54) is 12.1 Å². The van der Waals surface area contributed by atoms with Gasteiger partial charge in [-0.15, -0.1) is 5.10 Å². The fraction of sp³-hybridized carbons (Fsp3) is 0. The van der Waals surface area contributed by atoms with Gasteiger partial charge in [0.2, 0.25) is 0 Å². The minimum atomic E-state index is -0.485. The minimum Gasteiger partial charge on any atom is -0.382 e. The molecule has 2 aromatic heterocycles. The van der Waals surface area contributed by atoms with E-state index in [4.69, 9.17) is 22.9 Å². The van der Waals surface area contributed by atoms with Crippen molar-refractivity contribution in [3.63, 3.8) is 0 Å². The highest BCUT2D eigenvalue weighted by atomic mass is 35.5. The number of nitrogens with zero attached hydrogens (tertiary/aromatic N) is 4. The summed E-state index contributed by atoms with van der Waals surface area (Å²) in [5, 5.41) is 9.70. The summed E-state index contributed by atoms with van der Waals surface area (Å²) in [7, 11) is 0. The smallest absolute Gasteiger partial charge is 0.155 e. The zero-order chi connectivity index (χ0) is 19.0. The molecule has 0 fully saturated rings. The first-order valence-corrected chi connectivity index (χ1v) is 8.28. The number of fused-ring (bicyclic) bond motifs is 3. The van der Waals surface area contributed by atoms with Crippen LogP contribution in [-0.2, 0) is 0 Å². The molecule has 4 aromatic rings. The minimum absolute atomic E-state index is 0.0256. The van der Waals surface area contributed by atoms with Gasteiger partial charge in [0, 0.05) is 17.4 Å². The molecule has 2 heterocycles. The van der Waals surface area contributed by atoms with E-state index in [0.717, 1.165) is 11.0 Å². The summed E-state index contributed by atoms with van der Waals surface area (Å²) in [6.07, 6.45) is 1.92. The van der Waals surface area contributed by atoms with E-state index < -0.39 is 5.82 Å². The Hall–Kier alpha value is -3.52. The molecule has 0 bridgehead atoms. The van der Waals surface area contributed by atoms with Gasteiger partial charge in [-0.25, -0.2) is 9.37 Å². The monoisotopic (exact) mass is 381 g/mol. The largest absolute Gasteiger partial charge is 0.382 e.